The van der Waals surface area contributed by atoms with Crippen molar-refractivity contribution in [2.75, 3.05) is 32.5 Å². The van der Waals surface area contributed by atoms with Crippen molar-refractivity contribution >= 4 is 13.7 Å². The third kappa shape index (κ3) is 3.92. The summed E-state index contributed by atoms with van der Waals surface area (Å²) in [5, 5.41) is 0. The van der Waals surface area contributed by atoms with E-state index >= 15 is 0 Å². The van der Waals surface area contributed by atoms with Gasteiger partial charge in [-0.05, 0) is 12.8 Å². The second kappa shape index (κ2) is 7.37. The number of methoxy groups -OCH3 is 1. The average molecular weight is 389 g/mol. The molecule has 12 heteroatoms. The maximum Gasteiger partial charge on any atom is 0.472 e. The molecule has 11 nitrogen and oxygen atoms in total. The molecule has 1 aromatic heterocycles. The maximum absolute atomic E-state index is 12.9. The molecule has 3 rings (SSSR count). The van der Waals surface area contributed by atoms with Crippen LogP contribution in [-0.4, -0.2) is 58.5 Å². The van der Waals surface area contributed by atoms with Crippen molar-refractivity contribution in [3.05, 3.63) is 28.2 Å². The molecule has 0 spiro atoms. The van der Waals surface area contributed by atoms with Gasteiger partial charge in [-0.15, -0.1) is 0 Å². The molecule has 1 fully saturated rings. The third-order valence-corrected chi connectivity index (χ3v) is 4.75. The van der Waals surface area contributed by atoms with E-state index in [1.54, 1.807) is 12.0 Å². The number of hydrogen-bond donors (Lipinski definition) is 3. The van der Waals surface area contributed by atoms with Crippen LogP contribution in [0.5, 0.6) is 5.75 Å². The first-order chi connectivity index (χ1) is 12.3. The number of ether oxygens (including phenoxy) is 2. The zero-order chi connectivity index (χ0) is 18.9. The molecule has 1 saturated heterocycles. The van der Waals surface area contributed by atoms with Crippen molar-refractivity contribution in [1.29, 1.82) is 0 Å². The maximum atomic E-state index is 12.9. The van der Waals surface area contributed by atoms with E-state index in [0.717, 1.165) is 12.8 Å². The standard InChI is InChI=1S/C14H20N3O8P/c1-23-7-9-2-3-11-15-17-5-4-10(18)13(24-8-25-26(20,21)22)12(17)14(19)16(11)6-9/h4-5,9,11,15H,2-3,6-8H2,1H3,(H2,20,21,22)/t9?,11-/m0/s1. The van der Waals surface area contributed by atoms with Crippen LogP contribution < -0.4 is 15.6 Å². The molecule has 3 N–H and O–H groups in total. The first-order valence-electron chi connectivity index (χ1n) is 7.95. The minimum atomic E-state index is -4.76. The Balaban J connectivity index is 1.86. The van der Waals surface area contributed by atoms with Crippen LogP contribution in [-0.2, 0) is 13.8 Å². The molecule has 0 radical (unpaired) electrons. The zero-order valence-corrected chi connectivity index (χ0v) is 14.9. The van der Waals surface area contributed by atoms with Crippen LogP contribution in [0.25, 0.3) is 0 Å². The molecule has 26 heavy (non-hydrogen) atoms. The van der Waals surface area contributed by atoms with Gasteiger partial charge < -0.3 is 29.6 Å². The number of pyridine rings is 1. The number of aromatic nitrogens is 1. The highest BCUT2D eigenvalue weighted by Gasteiger charge is 2.39. The summed E-state index contributed by atoms with van der Waals surface area (Å²) in [6.45, 7) is 0.128. The topological polar surface area (TPSA) is 140 Å². The number of rotatable bonds is 6. The Kier molecular flexibility index (Phi) is 5.35. The predicted molar refractivity (Wildman–Crippen MR) is 88.1 cm³/mol. The molecule has 1 amide bonds. The number of carbonyl (C=O) groups is 1. The van der Waals surface area contributed by atoms with Gasteiger partial charge in [-0.3, -0.25) is 14.3 Å². The van der Waals surface area contributed by atoms with Gasteiger partial charge in [0.1, 0.15) is 6.17 Å². The number of hydrogen-bond acceptors (Lipinski definition) is 7. The average Bonchev–Trinajstić information content (AvgIpc) is 2.57. The van der Waals surface area contributed by atoms with E-state index in [4.69, 9.17) is 19.3 Å². The molecular weight excluding hydrogens is 369 g/mol. The predicted octanol–water partition coefficient (Wildman–Crippen LogP) is -0.324. The van der Waals surface area contributed by atoms with E-state index in [9.17, 15) is 14.2 Å². The molecule has 0 bridgehead atoms. The van der Waals surface area contributed by atoms with Crippen molar-refractivity contribution in [3.63, 3.8) is 0 Å². The summed E-state index contributed by atoms with van der Waals surface area (Å²) in [6, 6.07) is 1.20. The van der Waals surface area contributed by atoms with Crippen molar-refractivity contribution in [1.82, 2.24) is 9.58 Å². The molecule has 0 aliphatic carbocycles. The molecular formula is C14H20N3O8P. The lowest BCUT2D eigenvalue weighted by Crippen LogP contribution is -2.58. The van der Waals surface area contributed by atoms with Crippen LogP contribution in [0.15, 0.2) is 17.1 Å². The van der Waals surface area contributed by atoms with E-state index in [-0.39, 0.29) is 23.5 Å². The third-order valence-electron chi connectivity index (χ3n) is 4.31. The van der Waals surface area contributed by atoms with Crippen molar-refractivity contribution < 1.29 is 33.1 Å². The summed E-state index contributed by atoms with van der Waals surface area (Å²) in [7, 11) is -3.16. The number of fused-ring (bicyclic) bond motifs is 2. The molecule has 3 heterocycles. The fourth-order valence-electron chi connectivity index (χ4n) is 3.19. The zero-order valence-electron chi connectivity index (χ0n) is 14.0. The summed E-state index contributed by atoms with van der Waals surface area (Å²) in [4.78, 5) is 44.1. The summed E-state index contributed by atoms with van der Waals surface area (Å²) >= 11 is 0. The highest BCUT2D eigenvalue weighted by atomic mass is 31.2. The molecule has 2 aliphatic rings. The minimum absolute atomic E-state index is 0.0406. The monoisotopic (exact) mass is 389 g/mol. The number of phosphoric acid groups is 1. The molecule has 2 aliphatic heterocycles. The van der Waals surface area contributed by atoms with Gasteiger partial charge in [0.25, 0.3) is 5.91 Å². The van der Waals surface area contributed by atoms with Crippen molar-refractivity contribution in [2.45, 2.75) is 19.0 Å². The summed E-state index contributed by atoms with van der Waals surface area (Å²) in [5.41, 5.74) is 2.50. The molecule has 0 saturated carbocycles. The fourth-order valence-corrected chi connectivity index (χ4v) is 3.38. The SMILES string of the molecule is COCC1CC[C@H]2Nn3ccc(=O)c(OCOP(=O)(O)O)c3C(=O)N2C1. The lowest BCUT2D eigenvalue weighted by atomic mass is 9.96. The van der Waals surface area contributed by atoms with Crippen LogP contribution in [0.1, 0.15) is 23.3 Å². The first kappa shape index (κ1) is 18.9. The molecule has 0 aromatic carbocycles. The van der Waals surface area contributed by atoms with Crippen LogP contribution in [0.2, 0.25) is 0 Å². The van der Waals surface area contributed by atoms with E-state index in [1.807, 2.05) is 0 Å². The van der Waals surface area contributed by atoms with Gasteiger partial charge in [-0.1, -0.05) is 0 Å². The summed E-state index contributed by atoms with van der Waals surface area (Å²) in [5.74, 6) is -0.546. The molecule has 144 valence electrons. The smallest absolute Gasteiger partial charge is 0.460 e. The van der Waals surface area contributed by atoms with Crippen molar-refractivity contribution in [2.24, 2.45) is 5.92 Å². The lowest BCUT2D eigenvalue weighted by Gasteiger charge is -2.44. The van der Waals surface area contributed by atoms with E-state index in [0.29, 0.717) is 13.2 Å². The highest BCUT2D eigenvalue weighted by molar-refractivity contribution is 7.46. The number of phosphoric ester groups is 1. The molecule has 1 unspecified atom stereocenters. The Hall–Kier alpha value is -1.91. The second-order valence-electron chi connectivity index (χ2n) is 6.11. The Morgan fingerprint density at radius 3 is 2.81 bits per heavy atom. The first-order valence-corrected chi connectivity index (χ1v) is 9.48. The van der Waals surface area contributed by atoms with Crippen LogP contribution in [0.4, 0.5) is 0 Å². The minimum Gasteiger partial charge on any atom is -0.460 e. The van der Waals surface area contributed by atoms with Crippen LogP contribution in [0, 0.1) is 5.92 Å². The van der Waals surface area contributed by atoms with Gasteiger partial charge in [0.05, 0.1) is 6.61 Å². The van der Waals surface area contributed by atoms with Gasteiger partial charge in [0, 0.05) is 31.8 Å². The van der Waals surface area contributed by atoms with Gasteiger partial charge >= 0.3 is 7.82 Å². The largest absolute Gasteiger partial charge is 0.472 e. The van der Waals surface area contributed by atoms with Gasteiger partial charge in [0.2, 0.25) is 18.0 Å². The van der Waals surface area contributed by atoms with Gasteiger partial charge in [0.15, 0.2) is 5.69 Å². The quantitative estimate of drug-likeness (QED) is 0.441. The Labute approximate surface area is 148 Å². The number of amides is 1. The Morgan fingerprint density at radius 2 is 2.12 bits per heavy atom. The normalized spacial score (nSPS) is 22.4. The number of nitrogens with zero attached hydrogens (tertiary/aromatic N) is 2. The fraction of sp³-hybridized carbons (Fsp3) is 0.571. The van der Waals surface area contributed by atoms with Gasteiger partial charge in [-0.2, -0.15) is 0 Å². The Morgan fingerprint density at radius 1 is 1.35 bits per heavy atom. The number of piperidine rings is 1. The van der Waals surface area contributed by atoms with E-state index < -0.39 is 26.0 Å². The number of carbonyl (C=O) groups excluding carboxylic acids is 1. The van der Waals surface area contributed by atoms with Crippen LogP contribution >= 0.6 is 7.82 Å². The Bertz CT molecular complexity index is 791. The van der Waals surface area contributed by atoms with Crippen LogP contribution in [0.3, 0.4) is 0 Å². The lowest BCUT2D eigenvalue weighted by molar-refractivity contribution is 0.0351. The second-order valence-corrected chi connectivity index (χ2v) is 7.35. The van der Waals surface area contributed by atoms with E-state index in [2.05, 4.69) is 9.95 Å². The molecule has 2 atom stereocenters. The van der Waals surface area contributed by atoms with Gasteiger partial charge in [-0.25, -0.2) is 9.09 Å². The highest BCUT2D eigenvalue weighted by Crippen LogP contribution is 2.35. The van der Waals surface area contributed by atoms with Crippen molar-refractivity contribution in [3.8, 4) is 5.75 Å². The summed E-state index contributed by atoms with van der Waals surface area (Å²) < 4.78 is 26.6. The molecule has 1 aromatic rings. The number of nitrogens with one attached hydrogen (secondary N) is 1. The summed E-state index contributed by atoms with van der Waals surface area (Å²) in [6.07, 6.45) is 2.82. The van der Waals surface area contributed by atoms with E-state index in [1.165, 1.54) is 16.9 Å².